The Morgan fingerprint density at radius 3 is 2.56 bits per heavy atom. The summed E-state index contributed by atoms with van der Waals surface area (Å²) in [7, 11) is 0. The van der Waals surface area contributed by atoms with Crippen LogP contribution in [0.25, 0.3) is 0 Å². The van der Waals surface area contributed by atoms with Gasteiger partial charge in [0, 0.05) is 36.8 Å². The van der Waals surface area contributed by atoms with Gasteiger partial charge in [-0.3, -0.25) is 4.79 Å². The molecule has 0 aliphatic carbocycles. The lowest BCUT2D eigenvalue weighted by molar-refractivity contribution is -0.121. The summed E-state index contributed by atoms with van der Waals surface area (Å²) >= 11 is 6.00. The van der Waals surface area contributed by atoms with Crippen molar-refractivity contribution in [2.45, 2.75) is 13.1 Å². The minimum atomic E-state index is -0.440. The normalized spacial score (nSPS) is 14.0. The minimum Gasteiger partial charge on any atom is -0.350 e. The first-order chi connectivity index (χ1) is 12.9. The van der Waals surface area contributed by atoms with Gasteiger partial charge >= 0.3 is 6.03 Å². The van der Waals surface area contributed by atoms with Crippen molar-refractivity contribution in [3.05, 3.63) is 70.2 Å². The SMILES string of the molecule is O=C(CN1CCN(Cc2ccc(F)cc2Cl)C1=O)NCc1ccccc1F. The number of carbonyl (C=O) groups excluding carboxylic acids is 2. The fraction of sp³-hybridized carbons (Fsp3) is 0.263. The van der Waals surface area contributed by atoms with Crippen LogP contribution in [0.4, 0.5) is 13.6 Å². The van der Waals surface area contributed by atoms with Gasteiger partial charge in [-0.05, 0) is 23.8 Å². The van der Waals surface area contributed by atoms with Crippen LogP contribution in [-0.2, 0) is 17.9 Å². The average molecular weight is 394 g/mol. The molecule has 2 aromatic rings. The summed E-state index contributed by atoms with van der Waals surface area (Å²) in [5.74, 6) is -1.20. The van der Waals surface area contributed by atoms with Crippen LogP contribution in [0.1, 0.15) is 11.1 Å². The summed E-state index contributed by atoms with van der Waals surface area (Å²) in [6.07, 6.45) is 0. The Morgan fingerprint density at radius 2 is 1.81 bits per heavy atom. The molecule has 3 rings (SSSR count). The van der Waals surface area contributed by atoms with Crippen molar-refractivity contribution in [1.29, 1.82) is 0 Å². The Kier molecular flexibility index (Phi) is 5.91. The molecule has 1 saturated heterocycles. The van der Waals surface area contributed by atoms with E-state index in [0.29, 0.717) is 24.2 Å². The lowest BCUT2D eigenvalue weighted by Crippen LogP contribution is -2.39. The van der Waals surface area contributed by atoms with E-state index in [1.807, 2.05) is 0 Å². The second kappa shape index (κ2) is 8.35. The van der Waals surface area contributed by atoms with Gasteiger partial charge < -0.3 is 15.1 Å². The second-order valence-electron chi connectivity index (χ2n) is 6.23. The van der Waals surface area contributed by atoms with Gasteiger partial charge in [0.2, 0.25) is 5.91 Å². The first-order valence-electron chi connectivity index (χ1n) is 8.42. The van der Waals surface area contributed by atoms with E-state index in [4.69, 9.17) is 11.6 Å². The molecule has 1 heterocycles. The minimum absolute atomic E-state index is 0.0580. The third-order valence-electron chi connectivity index (χ3n) is 4.33. The van der Waals surface area contributed by atoms with E-state index in [1.165, 1.54) is 29.2 Å². The van der Waals surface area contributed by atoms with E-state index < -0.39 is 11.6 Å². The Labute approximate surface area is 160 Å². The smallest absolute Gasteiger partial charge is 0.320 e. The monoisotopic (exact) mass is 393 g/mol. The van der Waals surface area contributed by atoms with Crippen LogP contribution in [0, 0.1) is 11.6 Å². The van der Waals surface area contributed by atoms with Crippen LogP contribution >= 0.6 is 11.6 Å². The van der Waals surface area contributed by atoms with Gasteiger partial charge in [0.15, 0.2) is 0 Å². The molecule has 8 heteroatoms. The number of benzene rings is 2. The standard InChI is InChI=1S/C19H18ClF2N3O2/c20-16-9-15(21)6-5-14(16)11-24-7-8-25(19(24)27)12-18(26)23-10-13-3-1-2-4-17(13)22/h1-6,9H,7-8,10-12H2,(H,23,26). The van der Waals surface area contributed by atoms with Crippen molar-refractivity contribution in [3.8, 4) is 0 Å². The first kappa shape index (κ1) is 19.1. The van der Waals surface area contributed by atoms with Gasteiger partial charge in [-0.2, -0.15) is 0 Å². The molecule has 1 aliphatic heterocycles. The molecule has 2 aromatic carbocycles. The Balaban J connectivity index is 1.52. The topological polar surface area (TPSA) is 52.7 Å². The molecule has 0 radical (unpaired) electrons. The molecule has 0 saturated carbocycles. The molecule has 0 aromatic heterocycles. The van der Waals surface area contributed by atoms with Gasteiger partial charge in [-0.25, -0.2) is 13.6 Å². The average Bonchev–Trinajstić information content (AvgIpc) is 2.97. The molecule has 142 valence electrons. The molecular formula is C19H18ClF2N3O2. The molecule has 5 nitrogen and oxygen atoms in total. The van der Waals surface area contributed by atoms with Crippen molar-refractivity contribution in [1.82, 2.24) is 15.1 Å². The predicted octanol–water partition coefficient (Wildman–Crippen LogP) is 3.17. The highest BCUT2D eigenvalue weighted by Gasteiger charge is 2.30. The third-order valence-corrected chi connectivity index (χ3v) is 4.68. The van der Waals surface area contributed by atoms with Crippen LogP contribution in [0.15, 0.2) is 42.5 Å². The highest BCUT2D eigenvalue weighted by atomic mass is 35.5. The van der Waals surface area contributed by atoms with Crippen LogP contribution in [0.2, 0.25) is 5.02 Å². The van der Waals surface area contributed by atoms with Crippen LogP contribution in [-0.4, -0.2) is 41.4 Å². The molecule has 1 fully saturated rings. The number of hydrogen-bond donors (Lipinski definition) is 1. The van der Waals surface area contributed by atoms with Gasteiger partial charge in [0.25, 0.3) is 0 Å². The quantitative estimate of drug-likeness (QED) is 0.819. The summed E-state index contributed by atoms with van der Waals surface area (Å²) in [6.45, 7) is 1.02. The van der Waals surface area contributed by atoms with Crippen molar-refractivity contribution < 1.29 is 18.4 Å². The summed E-state index contributed by atoms with van der Waals surface area (Å²) in [4.78, 5) is 27.5. The van der Waals surface area contributed by atoms with Crippen LogP contribution < -0.4 is 5.32 Å². The number of nitrogens with zero attached hydrogens (tertiary/aromatic N) is 2. The van der Waals surface area contributed by atoms with Gasteiger partial charge in [-0.1, -0.05) is 35.9 Å². The van der Waals surface area contributed by atoms with Crippen LogP contribution in [0.3, 0.4) is 0 Å². The maximum absolute atomic E-state index is 13.6. The molecule has 0 bridgehead atoms. The van der Waals surface area contributed by atoms with E-state index in [2.05, 4.69) is 5.32 Å². The molecule has 1 N–H and O–H groups in total. The molecule has 0 spiro atoms. The van der Waals surface area contributed by atoms with E-state index in [0.717, 1.165) is 0 Å². The zero-order valence-electron chi connectivity index (χ0n) is 14.4. The summed E-state index contributed by atoms with van der Waals surface area (Å²) in [5.41, 5.74) is 1.02. The fourth-order valence-electron chi connectivity index (χ4n) is 2.85. The molecule has 3 amide bonds. The number of rotatable bonds is 6. The number of nitrogens with one attached hydrogen (secondary N) is 1. The highest BCUT2D eigenvalue weighted by molar-refractivity contribution is 6.31. The van der Waals surface area contributed by atoms with E-state index >= 15 is 0 Å². The molecule has 0 unspecified atom stereocenters. The van der Waals surface area contributed by atoms with Crippen molar-refractivity contribution >= 4 is 23.5 Å². The largest absolute Gasteiger partial charge is 0.350 e. The predicted molar refractivity (Wildman–Crippen MR) is 97.0 cm³/mol. The number of halogens is 3. The molecule has 0 atom stereocenters. The van der Waals surface area contributed by atoms with Crippen molar-refractivity contribution in [2.24, 2.45) is 0 Å². The maximum Gasteiger partial charge on any atom is 0.320 e. The third kappa shape index (κ3) is 4.74. The van der Waals surface area contributed by atoms with E-state index in [-0.39, 0.29) is 36.6 Å². The maximum atomic E-state index is 13.6. The molecular weight excluding hydrogens is 376 g/mol. The second-order valence-corrected chi connectivity index (χ2v) is 6.64. The Morgan fingerprint density at radius 1 is 1.07 bits per heavy atom. The fourth-order valence-corrected chi connectivity index (χ4v) is 3.07. The van der Waals surface area contributed by atoms with Gasteiger partial charge in [0.05, 0.1) is 0 Å². The van der Waals surface area contributed by atoms with E-state index in [9.17, 15) is 18.4 Å². The molecule has 27 heavy (non-hydrogen) atoms. The van der Waals surface area contributed by atoms with Gasteiger partial charge in [0.1, 0.15) is 18.2 Å². The number of amides is 3. The van der Waals surface area contributed by atoms with Gasteiger partial charge in [-0.15, -0.1) is 0 Å². The first-order valence-corrected chi connectivity index (χ1v) is 8.79. The number of carbonyl (C=O) groups is 2. The Bertz CT molecular complexity index is 863. The van der Waals surface area contributed by atoms with Crippen molar-refractivity contribution in [2.75, 3.05) is 19.6 Å². The number of hydrogen-bond acceptors (Lipinski definition) is 2. The summed E-state index contributed by atoms with van der Waals surface area (Å²) in [5, 5.41) is 2.87. The lowest BCUT2D eigenvalue weighted by atomic mass is 10.2. The van der Waals surface area contributed by atoms with E-state index in [1.54, 1.807) is 23.1 Å². The number of urea groups is 1. The van der Waals surface area contributed by atoms with Crippen LogP contribution in [0.5, 0.6) is 0 Å². The molecule has 1 aliphatic rings. The highest BCUT2D eigenvalue weighted by Crippen LogP contribution is 2.21. The zero-order chi connectivity index (χ0) is 19.4. The lowest BCUT2D eigenvalue weighted by Gasteiger charge is -2.19. The summed E-state index contributed by atoms with van der Waals surface area (Å²) in [6, 6.07) is 9.90. The van der Waals surface area contributed by atoms with Crippen molar-refractivity contribution in [3.63, 3.8) is 0 Å². The zero-order valence-corrected chi connectivity index (χ0v) is 15.2. The summed E-state index contributed by atoms with van der Waals surface area (Å²) < 4.78 is 26.7. The Hall–Kier alpha value is -2.67.